The maximum Gasteiger partial charge on any atom is 0.212 e. The van der Waals surface area contributed by atoms with Crippen molar-refractivity contribution < 1.29 is 9.59 Å². The van der Waals surface area contributed by atoms with Crippen molar-refractivity contribution in [2.24, 2.45) is 24.1 Å². The fraction of sp³-hybridized carbons (Fsp3) is 0.0556. The van der Waals surface area contributed by atoms with E-state index in [1.807, 2.05) is 59.6 Å². The van der Waals surface area contributed by atoms with Crippen molar-refractivity contribution in [1.82, 2.24) is 9.13 Å². The molecule has 0 amide bonds. The van der Waals surface area contributed by atoms with Gasteiger partial charge in [-0.25, -0.2) is 9.98 Å². The number of fused-ring (bicyclic) bond motifs is 7. The number of benzene rings is 2. The van der Waals surface area contributed by atoms with E-state index >= 15 is 0 Å². The standard InChI is InChI=1S/C36H16N8O2S2/c1-43-25(41-29-27(17(13-37)14-38)19-7-3-5-9-21(19)33(29)45)11-23-31(43)35-36(47-23)32-24(48-35)12-26(44(32)2)42-30-28(18(15-39)16-40)20-8-4-6-10-22(20)34(30)46/h3-12H,1-2H3. The molecule has 0 fully saturated rings. The van der Waals surface area contributed by atoms with Crippen LogP contribution in [0.4, 0.5) is 11.6 Å². The Hall–Kier alpha value is -6.70. The van der Waals surface area contributed by atoms with Crippen LogP contribution in [0.2, 0.25) is 0 Å². The van der Waals surface area contributed by atoms with Gasteiger partial charge in [0.05, 0.1) is 29.8 Å². The largest absolute Gasteiger partial charge is 0.327 e. The van der Waals surface area contributed by atoms with Gasteiger partial charge in [0, 0.05) is 48.5 Å². The molecule has 2 aromatic carbocycles. The lowest BCUT2D eigenvalue weighted by molar-refractivity contribution is 0.106. The fourth-order valence-corrected chi connectivity index (χ4v) is 9.29. The topological polar surface area (TPSA) is 164 Å². The zero-order valence-corrected chi connectivity index (χ0v) is 26.6. The summed E-state index contributed by atoms with van der Waals surface area (Å²) in [5.74, 6) is 0.340. The number of ketones is 2. The first-order chi connectivity index (χ1) is 23.3. The highest BCUT2D eigenvalue weighted by Crippen LogP contribution is 2.48. The molecule has 2 aliphatic rings. The number of Topliss-reactive ketones (excluding diaryl/α,β-unsaturated/α-hetero) is 2. The van der Waals surface area contributed by atoms with E-state index in [9.17, 15) is 30.6 Å². The van der Waals surface area contributed by atoms with Gasteiger partial charge >= 0.3 is 0 Å². The minimum absolute atomic E-state index is 0.0619. The maximum atomic E-state index is 13.4. The van der Waals surface area contributed by atoms with Crippen molar-refractivity contribution >= 4 is 98.3 Å². The molecule has 8 rings (SSSR count). The molecule has 0 radical (unpaired) electrons. The van der Waals surface area contributed by atoms with E-state index in [1.54, 1.807) is 71.2 Å². The second-order valence-corrected chi connectivity index (χ2v) is 13.1. The van der Waals surface area contributed by atoms with Crippen LogP contribution < -0.4 is 0 Å². The first kappa shape index (κ1) is 28.8. The number of hydrogen-bond donors (Lipinski definition) is 0. The van der Waals surface area contributed by atoms with Gasteiger partial charge in [-0.05, 0) is 11.1 Å². The molecule has 4 aromatic heterocycles. The molecule has 0 spiro atoms. The molecule has 0 atom stereocenters. The molecule has 10 nitrogen and oxygen atoms in total. The van der Waals surface area contributed by atoms with Crippen molar-refractivity contribution in [2.75, 3.05) is 0 Å². The van der Waals surface area contributed by atoms with Crippen molar-refractivity contribution in [3.63, 3.8) is 0 Å². The third-order valence-corrected chi connectivity index (χ3v) is 11.0. The van der Waals surface area contributed by atoms with Gasteiger partial charge in [-0.1, -0.05) is 48.5 Å². The molecule has 0 saturated heterocycles. The average molecular weight is 657 g/mol. The summed E-state index contributed by atoms with van der Waals surface area (Å²) in [6.45, 7) is 0. The van der Waals surface area contributed by atoms with Crippen LogP contribution in [0, 0.1) is 45.3 Å². The van der Waals surface area contributed by atoms with E-state index in [1.165, 1.54) is 0 Å². The number of aromatic nitrogens is 2. The Morgan fingerprint density at radius 3 is 1.31 bits per heavy atom. The normalized spacial score (nSPS) is 15.3. The van der Waals surface area contributed by atoms with Crippen LogP contribution in [0.5, 0.6) is 0 Å². The molecule has 12 heteroatoms. The fourth-order valence-electron chi connectivity index (χ4n) is 6.41. The second kappa shape index (κ2) is 10.4. The van der Waals surface area contributed by atoms with Gasteiger partial charge in [-0.15, -0.1) is 22.7 Å². The van der Waals surface area contributed by atoms with Crippen LogP contribution in [-0.4, -0.2) is 32.1 Å². The summed E-state index contributed by atoms with van der Waals surface area (Å²) in [6, 6.07) is 25.2. The summed E-state index contributed by atoms with van der Waals surface area (Å²) in [7, 11) is 3.72. The molecule has 4 heterocycles. The predicted octanol–water partition coefficient (Wildman–Crippen LogP) is 7.49. The molecule has 0 N–H and O–H groups in total. The second-order valence-electron chi connectivity index (χ2n) is 11.0. The zero-order valence-electron chi connectivity index (χ0n) is 25.0. The van der Waals surface area contributed by atoms with Gasteiger partial charge in [0.25, 0.3) is 0 Å². The number of aliphatic imine (C=N–C) groups is 2. The van der Waals surface area contributed by atoms with E-state index in [2.05, 4.69) is 0 Å². The number of aryl methyl sites for hydroxylation is 2. The monoisotopic (exact) mass is 656 g/mol. The Balaban J connectivity index is 1.26. The van der Waals surface area contributed by atoms with Gasteiger partial charge in [-0.3, -0.25) is 9.59 Å². The average Bonchev–Trinajstić information content (AvgIpc) is 3.90. The number of carbonyl (C=O) groups is 2. The molecule has 6 aromatic rings. The van der Waals surface area contributed by atoms with Crippen LogP contribution in [-0.2, 0) is 14.1 Å². The third kappa shape index (κ3) is 3.79. The molecular formula is C36H16N8O2S2. The van der Waals surface area contributed by atoms with E-state index in [4.69, 9.17) is 9.98 Å². The molecule has 0 bridgehead atoms. The Morgan fingerprint density at radius 2 is 0.958 bits per heavy atom. The van der Waals surface area contributed by atoms with Crippen molar-refractivity contribution in [3.8, 4) is 24.3 Å². The van der Waals surface area contributed by atoms with E-state index < -0.39 is 0 Å². The lowest BCUT2D eigenvalue weighted by Crippen LogP contribution is -2.08. The summed E-state index contributed by atoms with van der Waals surface area (Å²) in [5.41, 5.74) is 3.96. The smallest absolute Gasteiger partial charge is 0.212 e. The summed E-state index contributed by atoms with van der Waals surface area (Å²) < 4.78 is 7.69. The zero-order chi connectivity index (χ0) is 33.4. The summed E-state index contributed by atoms with van der Waals surface area (Å²) >= 11 is 3.11. The highest BCUT2D eigenvalue weighted by Gasteiger charge is 2.36. The number of rotatable bonds is 2. The van der Waals surface area contributed by atoms with Crippen LogP contribution in [0.3, 0.4) is 0 Å². The minimum Gasteiger partial charge on any atom is -0.327 e. The van der Waals surface area contributed by atoms with Gasteiger partial charge in [0.1, 0.15) is 58.5 Å². The highest BCUT2D eigenvalue weighted by molar-refractivity contribution is 7.36. The first-order valence-electron chi connectivity index (χ1n) is 14.4. The molecule has 0 unspecified atom stereocenters. The summed E-state index contributed by atoms with van der Waals surface area (Å²) in [4.78, 5) is 36.3. The van der Waals surface area contributed by atoms with Crippen LogP contribution in [0.1, 0.15) is 31.8 Å². The van der Waals surface area contributed by atoms with E-state index in [0.717, 1.165) is 29.8 Å². The van der Waals surface area contributed by atoms with Gasteiger partial charge in [0.2, 0.25) is 11.6 Å². The third-order valence-electron chi connectivity index (χ3n) is 8.59. The summed E-state index contributed by atoms with van der Waals surface area (Å²) in [5, 5.41) is 38.7. The van der Waals surface area contributed by atoms with Crippen LogP contribution >= 0.6 is 22.7 Å². The number of allylic oxidation sites excluding steroid dienone is 4. The number of nitrogens with zero attached hydrogens (tertiary/aromatic N) is 8. The van der Waals surface area contributed by atoms with Gasteiger partial charge in [0.15, 0.2) is 0 Å². The quantitative estimate of drug-likeness (QED) is 0.175. The summed E-state index contributed by atoms with van der Waals surface area (Å²) in [6.07, 6.45) is 0. The molecular weight excluding hydrogens is 641 g/mol. The van der Waals surface area contributed by atoms with Crippen LogP contribution in [0.25, 0.3) is 41.0 Å². The molecule has 2 aliphatic carbocycles. The highest BCUT2D eigenvalue weighted by atomic mass is 32.1. The minimum atomic E-state index is -0.340. The maximum absolute atomic E-state index is 13.4. The van der Waals surface area contributed by atoms with Crippen molar-refractivity contribution in [3.05, 3.63) is 94.1 Å². The number of carbonyl (C=O) groups excluding carboxylic acids is 2. The van der Waals surface area contributed by atoms with Gasteiger partial charge in [-0.2, -0.15) is 21.0 Å². The van der Waals surface area contributed by atoms with Crippen molar-refractivity contribution in [2.45, 2.75) is 0 Å². The Bertz CT molecular complexity index is 2610. The number of hydrogen-bond acceptors (Lipinski definition) is 10. The van der Waals surface area contributed by atoms with E-state index in [0.29, 0.717) is 33.9 Å². The van der Waals surface area contributed by atoms with Crippen molar-refractivity contribution in [1.29, 1.82) is 21.0 Å². The molecule has 0 aliphatic heterocycles. The lowest BCUT2D eigenvalue weighted by Gasteiger charge is -2.03. The molecule has 224 valence electrons. The van der Waals surface area contributed by atoms with E-state index in [-0.39, 0.29) is 45.3 Å². The Morgan fingerprint density at radius 1 is 0.604 bits per heavy atom. The Labute approximate surface area is 279 Å². The van der Waals surface area contributed by atoms with Gasteiger partial charge < -0.3 is 9.13 Å². The first-order valence-corrected chi connectivity index (χ1v) is 16.0. The SMILES string of the molecule is Cn1c(N=C2C(=O)c3ccccc3C2=C(C#N)C#N)cc2sc3c(sc4cc(N=C5C(=O)c6ccccc6C5=C(C#N)C#N)n(C)c43)c21. The number of thiophene rings is 2. The predicted molar refractivity (Wildman–Crippen MR) is 185 cm³/mol. The molecule has 0 saturated carbocycles. The number of nitriles is 4. The Kier molecular flexibility index (Phi) is 6.24. The lowest BCUT2D eigenvalue weighted by atomic mass is 10.0. The van der Waals surface area contributed by atoms with Crippen LogP contribution in [0.15, 0.2) is 81.8 Å². The molecule has 48 heavy (non-hydrogen) atoms.